The van der Waals surface area contributed by atoms with Gasteiger partial charge >= 0.3 is 0 Å². The molecule has 0 atom stereocenters. The topological polar surface area (TPSA) is 35.5 Å². The van der Waals surface area contributed by atoms with E-state index in [1.54, 1.807) is 0 Å². The number of hydrogen-bond donors (Lipinski definition) is 0. The summed E-state index contributed by atoms with van der Waals surface area (Å²) >= 11 is 0. The van der Waals surface area contributed by atoms with Crippen LogP contribution >= 0.6 is 0 Å². The molecule has 88 valence electrons. The Kier molecular flexibility index (Phi) is 10.6. The third-order valence-electron chi connectivity index (χ3n) is 1.93. The second-order valence-corrected chi connectivity index (χ2v) is 3.39. The molecule has 15 heavy (non-hydrogen) atoms. The van der Waals surface area contributed by atoms with Crippen LogP contribution in [0.2, 0.25) is 0 Å². The first-order valence-electron chi connectivity index (χ1n) is 5.71. The van der Waals surface area contributed by atoms with Crippen LogP contribution in [0.3, 0.4) is 0 Å². The van der Waals surface area contributed by atoms with E-state index in [-0.39, 0.29) is 6.79 Å². The Morgan fingerprint density at radius 1 is 1.20 bits per heavy atom. The molecule has 0 aromatic rings. The normalized spacial score (nSPS) is 11.5. The van der Waals surface area contributed by atoms with Gasteiger partial charge in [-0.15, -0.1) is 0 Å². The van der Waals surface area contributed by atoms with Gasteiger partial charge in [-0.3, -0.25) is 4.79 Å². The Hall–Kier alpha value is -0.830. The van der Waals surface area contributed by atoms with Gasteiger partial charge in [0.1, 0.15) is 0 Å². The minimum Gasteiger partial charge on any atom is -0.464 e. The van der Waals surface area contributed by atoms with E-state index in [1.807, 2.05) is 13.0 Å². The van der Waals surface area contributed by atoms with Crippen molar-refractivity contribution in [3.8, 4) is 0 Å². The van der Waals surface area contributed by atoms with Crippen LogP contribution in [0, 0.1) is 0 Å². The van der Waals surface area contributed by atoms with Gasteiger partial charge in [-0.25, -0.2) is 0 Å². The van der Waals surface area contributed by atoms with E-state index in [9.17, 15) is 4.79 Å². The van der Waals surface area contributed by atoms with E-state index >= 15 is 0 Å². The zero-order chi connectivity index (χ0) is 11.4. The maximum Gasteiger partial charge on any atom is 0.189 e. The Labute approximate surface area is 92.5 Å². The van der Waals surface area contributed by atoms with E-state index < -0.39 is 0 Å². The summed E-state index contributed by atoms with van der Waals surface area (Å²) in [5.74, 6) is 0.391. The quantitative estimate of drug-likeness (QED) is 0.184. The van der Waals surface area contributed by atoms with Crippen molar-refractivity contribution in [2.75, 3.05) is 13.4 Å². The molecule has 0 bridgehead atoms. The molecule has 0 amide bonds. The molecule has 0 heterocycles. The van der Waals surface area contributed by atoms with Crippen LogP contribution in [0.15, 0.2) is 11.8 Å². The van der Waals surface area contributed by atoms with Crippen LogP contribution in [0.25, 0.3) is 0 Å². The lowest BCUT2D eigenvalue weighted by Gasteiger charge is -2.05. The monoisotopic (exact) mass is 214 g/mol. The second-order valence-electron chi connectivity index (χ2n) is 3.39. The minimum atomic E-state index is 0.173. The molecule has 0 aliphatic rings. The molecule has 0 unspecified atom stereocenters. The van der Waals surface area contributed by atoms with Crippen molar-refractivity contribution in [1.29, 1.82) is 0 Å². The lowest BCUT2D eigenvalue weighted by Crippen LogP contribution is -2.01. The average Bonchev–Trinajstić information content (AvgIpc) is 2.27. The fourth-order valence-corrected chi connectivity index (χ4v) is 1.09. The standard InChI is InChI=1S/C12H22O3/c1-3-5-6-7-8-12(10-13)15-11-14-9-4-2/h8,10H,3-7,9,11H2,1-2H3/b12-8+. The number of carbonyl (C=O) groups excluding carboxylic acids is 1. The van der Waals surface area contributed by atoms with Gasteiger partial charge in [0, 0.05) is 0 Å². The van der Waals surface area contributed by atoms with E-state index in [1.165, 1.54) is 12.8 Å². The van der Waals surface area contributed by atoms with Crippen molar-refractivity contribution in [2.24, 2.45) is 0 Å². The summed E-state index contributed by atoms with van der Waals surface area (Å²) in [6.07, 6.45) is 7.90. The molecule has 0 aromatic carbocycles. The molecule has 0 saturated carbocycles. The number of ether oxygens (including phenoxy) is 2. The molecule has 0 spiro atoms. The van der Waals surface area contributed by atoms with E-state index in [0.717, 1.165) is 25.5 Å². The highest BCUT2D eigenvalue weighted by Gasteiger charge is 1.95. The van der Waals surface area contributed by atoms with Crippen LogP contribution in [0.4, 0.5) is 0 Å². The number of carbonyl (C=O) groups is 1. The second kappa shape index (κ2) is 11.2. The van der Waals surface area contributed by atoms with Gasteiger partial charge in [0.25, 0.3) is 0 Å². The van der Waals surface area contributed by atoms with Crippen LogP contribution < -0.4 is 0 Å². The predicted octanol–water partition coefficient (Wildman–Crippen LogP) is 3.05. The Morgan fingerprint density at radius 2 is 2.00 bits per heavy atom. The fraction of sp³-hybridized carbons (Fsp3) is 0.750. The summed E-state index contributed by atoms with van der Waals surface area (Å²) in [7, 11) is 0. The van der Waals surface area contributed by atoms with Gasteiger partial charge in [0.2, 0.25) is 0 Å². The first-order valence-corrected chi connectivity index (χ1v) is 5.71. The molecule has 0 N–H and O–H groups in total. The minimum absolute atomic E-state index is 0.173. The van der Waals surface area contributed by atoms with Crippen molar-refractivity contribution in [2.45, 2.75) is 46.0 Å². The molecular formula is C12H22O3. The van der Waals surface area contributed by atoms with Crippen molar-refractivity contribution in [3.05, 3.63) is 11.8 Å². The molecule has 3 nitrogen and oxygen atoms in total. The number of unbranched alkanes of at least 4 members (excludes halogenated alkanes) is 3. The lowest BCUT2D eigenvalue weighted by molar-refractivity contribution is -0.111. The van der Waals surface area contributed by atoms with Crippen LogP contribution in [0.5, 0.6) is 0 Å². The summed E-state index contributed by atoms with van der Waals surface area (Å²) in [6, 6.07) is 0. The first-order chi connectivity index (χ1) is 7.35. The Balaban J connectivity index is 3.56. The van der Waals surface area contributed by atoms with Gasteiger partial charge in [-0.2, -0.15) is 0 Å². The largest absolute Gasteiger partial charge is 0.464 e. The van der Waals surface area contributed by atoms with Gasteiger partial charge in [0.05, 0.1) is 6.61 Å². The summed E-state index contributed by atoms with van der Waals surface area (Å²) < 4.78 is 10.3. The van der Waals surface area contributed by atoms with Gasteiger partial charge in [-0.05, 0) is 25.3 Å². The zero-order valence-corrected chi connectivity index (χ0v) is 9.83. The fourth-order valence-electron chi connectivity index (χ4n) is 1.09. The summed E-state index contributed by atoms with van der Waals surface area (Å²) in [6.45, 7) is 5.02. The molecule has 0 saturated heterocycles. The van der Waals surface area contributed by atoms with Gasteiger partial charge < -0.3 is 9.47 Å². The van der Waals surface area contributed by atoms with E-state index in [2.05, 4.69) is 6.92 Å². The van der Waals surface area contributed by atoms with Gasteiger partial charge in [-0.1, -0.05) is 26.7 Å². The molecule has 0 aromatic heterocycles. The van der Waals surface area contributed by atoms with Crippen LogP contribution in [-0.4, -0.2) is 19.7 Å². The van der Waals surface area contributed by atoms with Crippen molar-refractivity contribution in [3.63, 3.8) is 0 Å². The Morgan fingerprint density at radius 3 is 2.60 bits per heavy atom. The van der Waals surface area contributed by atoms with E-state index in [0.29, 0.717) is 12.4 Å². The molecule has 0 radical (unpaired) electrons. The van der Waals surface area contributed by atoms with Crippen molar-refractivity contribution < 1.29 is 14.3 Å². The number of hydrogen-bond acceptors (Lipinski definition) is 3. The molecule has 0 aliphatic heterocycles. The van der Waals surface area contributed by atoms with Crippen molar-refractivity contribution in [1.82, 2.24) is 0 Å². The molecular weight excluding hydrogens is 192 g/mol. The Bertz CT molecular complexity index is 176. The molecule has 3 heteroatoms. The number of allylic oxidation sites excluding steroid dienone is 2. The van der Waals surface area contributed by atoms with Crippen LogP contribution in [-0.2, 0) is 14.3 Å². The predicted molar refractivity (Wildman–Crippen MR) is 60.5 cm³/mol. The lowest BCUT2D eigenvalue weighted by atomic mass is 10.2. The first kappa shape index (κ1) is 14.2. The molecule has 0 fully saturated rings. The summed E-state index contributed by atoms with van der Waals surface area (Å²) in [5.41, 5.74) is 0. The smallest absolute Gasteiger partial charge is 0.189 e. The third-order valence-corrected chi connectivity index (χ3v) is 1.93. The third kappa shape index (κ3) is 9.47. The number of aldehydes is 1. The molecule has 0 aliphatic carbocycles. The van der Waals surface area contributed by atoms with Gasteiger partial charge in [0.15, 0.2) is 18.8 Å². The summed E-state index contributed by atoms with van der Waals surface area (Å²) in [4.78, 5) is 10.6. The average molecular weight is 214 g/mol. The highest BCUT2D eigenvalue weighted by atomic mass is 16.7. The van der Waals surface area contributed by atoms with E-state index in [4.69, 9.17) is 9.47 Å². The highest BCUT2D eigenvalue weighted by molar-refractivity contribution is 5.69. The summed E-state index contributed by atoms with van der Waals surface area (Å²) in [5, 5.41) is 0. The maximum atomic E-state index is 10.6. The highest BCUT2D eigenvalue weighted by Crippen LogP contribution is 2.03. The maximum absolute atomic E-state index is 10.6. The number of rotatable bonds is 10. The van der Waals surface area contributed by atoms with Crippen LogP contribution in [0.1, 0.15) is 46.0 Å². The molecule has 0 rings (SSSR count). The van der Waals surface area contributed by atoms with Crippen molar-refractivity contribution >= 4 is 6.29 Å². The zero-order valence-electron chi connectivity index (χ0n) is 9.83. The SMILES string of the molecule is CCCCC/C=C(\C=O)OCOCCC.